The van der Waals surface area contributed by atoms with Crippen LogP contribution in [-0.2, 0) is 6.42 Å². The third-order valence-electron chi connectivity index (χ3n) is 5.59. The number of hydrogen-bond donors (Lipinski definition) is 1. The Balaban J connectivity index is 1.32. The number of nitrogens with one attached hydrogen (secondary N) is 1. The van der Waals surface area contributed by atoms with E-state index in [1.165, 1.54) is 16.6 Å². The SMILES string of the molecule is O=C(CSc1nnc(Cc2cccs2)n1-c1ccccc1)c1c[nH]c(C(=O)N2CCCC2)c1. The number of carbonyl (C=O) groups excluding carboxylic acids is 2. The van der Waals surface area contributed by atoms with E-state index in [9.17, 15) is 9.59 Å². The van der Waals surface area contributed by atoms with E-state index in [0.29, 0.717) is 22.8 Å². The van der Waals surface area contributed by atoms with Crippen LogP contribution in [0.25, 0.3) is 5.69 Å². The average Bonchev–Trinajstić information content (AvgIpc) is 3.65. The molecule has 3 aromatic heterocycles. The highest BCUT2D eigenvalue weighted by atomic mass is 32.2. The third kappa shape index (κ3) is 4.79. The van der Waals surface area contributed by atoms with Gasteiger partial charge in [0.1, 0.15) is 11.5 Å². The molecule has 1 amide bonds. The number of aromatic nitrogens is 4. The molecule has 1 aromatic carbocycles. The van der Waals surface area contributed by atoms with Crippen LogP contribution in [0, 0.1) is 0 Å². The zero-order valence-corrected chi connectivity index (χ0v) is 19.6. The number of thiophene rings is 1. The third-order valence-corrected chi connectivity index (χ3v) is 7.39. The lowest BCUT2D eigenvalue weighted by molar-refractivity contribution is 0.0787. The van der Waals surface area contributed by atoms with E-state index in [1.807, 2.05) is 51.2 Å². The first-order valence-corrected chi connectivity index (χ1v) is 12.7. The predicted molar refractivity (Wildman–Crippen MR) is 129 cm³/mol. The summed E-state index contributed by atoms with van der Waals surface area (Å²) in [5.41, 5.74) is 1.94. The van der Waals surface area contributed by atoms with Gasteiger partial charge in [-0.3, -0.25) is 14.2 Å². The fraction of sp³-hybridized carbons (Fsp3) is 0.250. The Morgan fingerprint density at radius 2 is 1.88 bits per heavy atom. The van der Waals surface area contributed by atoms with Crippen LogP contribution in [0.3, 0.4) is 0 Å². The van der Waals surface area contributed by atoms with Crippen molar-refractivity contribution in [3.63, 3.8) is 0 Å². The van der Waals surface area contributed by atoms with Crippen LogP contribution < -0.4 is 0 Å². The molecule has 0 radical (unpaired) electrons. The van der Waals surface area contributed by atoms with Crippen molar-refractivity contribution < 1.29 is 9.59 Å². The van der Waals surface area contributed by atoms with Gasteiger partial charge in [-0.1, -0.05) is 36.0 Å². The van der Waals surface area contributed by atoms with Crippen LogP contribution >= 0.6 is 23.1 Å². The van der Waals surface area contributed by atoms with Crippen molar-refractivity contribution in [2.45, 2.75) is 24.4 Å². The number of ketones is 1. The summed E-state index contributed by atoms with van der Waals surface area (Å²) in [6, 6.07) is 15.7. The van der Waals surface area contributed by atoms with Crippen LogP contribution in [0.2, 0.25) is 0 Å². The minimum absolute atomic E-state index is 0.0405. The molecule has 5 rings (SSSR count). The number of Topliss-reactive ketones (excluding diaryl/α,β-unsaturated/α-hetero) is 1. The highest BCUT2D eigenvalue weighted by molar-refractivity contribution is 7.99. The average molecular weight is 478 g/mol. The second kappa shape index (κ2) is 9.76. The van der Waals surface area contributed by atoms with Crippen molar-refractivity contribution in [3.8, 4) is 5.69 Å². The maximum absolute atomic E-state index is 12.9. The van der Waals surface area contributed by atoms with Crippen molar-refractivity contribution in [2.24, 2.45) is 0 Å². The quantitative estimate of drug-likeness (QED) is 0.299. The van der Waals surface area contributed by atoms with E-state index in [1.54, 1.807) is 23.6 Å². The Morgan fingerprint density at radius 3 is 2.64 bits per heavy atom. The monoisotopic (exact) mass is 477 g/mol. The molecule has 7 nitrogen and oxygen atoms in total. The van der Waals surface area contributed by atoms with Crippen LogP contribution in [0.5, 0.6) is 0 Å². The van der Waals surface area contributed by atoms with Gasteiger partial charge in [-0.05, 0) is 42.5 Å². The minimum atomic E-state index is -0.0564. The second-order valence-corrected chi connectivity index (χ2v) is 9.81. The molecule has 0 bridgehead atoms. The van der Waals surface area contributed by atoms with Crippen molar-refractivity contribution in [1.29, 1.82) is 0 Å². The van der Waals surface area contributed by atoms with Gasteiger partial charge < -0.3 is 9.88 Å². The fourth-order valence-corrected chi connectivity index (χ4v) is 5.46. The van der Waals surface area contributed by atoms with E-state index in [0.717, 1.165) is 37.4 Å². The van der Waals surface area contributed by atoms with Crippen molar-refractivity contribution in [3.05, 3.63) is 82.1 Å². The molecular formula is C24H23N5O2S2. The van der Waals surface area contributed by atoms with E-state index < -0.39 is 0 Å². The van der Waals surface area contributed by atoms with E-state index in [4.69, 9.17) is 0 Å². The molecule has 0 spiro atoms. The molecule has 1 fully saturated rings. The first kappa shape index (κ1) is 21.7. The molecule has 0 atom stereocenters. The number of benzene rings is 1. The van der Waals surface area contributed by atoms with Crippen LogP contribution in [0.15, 0.2) is 65.3 Å². The molecule has 4 aromatic rings. The zero-order chi connectivity index (χ0) is 22.6. The Kier molecular flexibility index (Phi) is 6.41. The van der Waals surface area contributed by atoms with E-state index in [2.05, 4.69) is 21.2 Å². The molecule has 1 saturated heterocycles. The molecule has 0 unspecified atom stereocenters. The van der Waals surface area contributed by atoms with Gasteiger partial charge in [-0.25, -0.2) is 0 Å². The molecule has 1 N–H and O–H groups in total. The molecule has 0 saturated carbocycles. The van der Waals surface area contributed by atoms with Gasteiger partial charge in [0.25, 0.3) is 5.91 Å². The predicted octanol–water partition coefficient (Wildman–Crippen LogP) is 4.46. The van der Waals surface area contributed by atoms with Gasteiger partial charge >= 0.3 is 0 Å². The topological polar surface area (TPSA) is 83.9 Å². The van der Waals surface area contributed by atoms with Gasteiger partial charge in [0.05, 0.1) is 5.75 Å². The smallest absolute Gasteiger partial charge is 0.270 e. The maximum atomic E-state index is 12.9. The lowest BCUT2D eigenvalue weighted by atomic mass is 10.2. The highest BCUT2D eigenvalue weighted by Gasteiger charge is 2.22. The minimum Gasteiger partial charge on any atom is -0.356 e. The van der Waals surface area contributed by atoms with Crippen LogP contribution in [0.1, 0.15) is 44.4 Å². The summed E-state index contributed by atoms with van der Waals surface area (Å²) in [5, 5.41) is 11.5. The number of rotatable bonds is 8. The number of H-pyrrole nitrogens is 1. The number of para-hydroxylation sites is 1. The molecule has 9 heteroatoms. The molecular weight excluding hydrogens is 454 g/mol. The van der Waals surface area contributed by atoms with Gasteiger partial charge in [-0.2, -0.15) is 0 Å². The fourth-order valence-electron chi connectivity index (χ4n) is 3.90. The van der Waals surface area contributed by atoms with Crippen LogP contribution in [-0.4, -0.2) is 55.2 Å². The lowest BCUT2D eigenvalue weighted by Gasteiger charge is -2.13. The largest absolute Gasteiger partial charge is 0.356 e. The highest BCUT2D eigenvalue weighted by Crippen LogP contribution is 2.25. The van der Waals surface area contributed by atoms with Crippen molar-refractivity contribution in [2.75, 3.05) is 18.8 Å². The van der Waals surface area contributed by atoms with E-state index >= 15 is 0 Å². The molecule has 1 aliphatic heterocycles. The number of aromatic amines is 1. The Morgan fingerprint density at radius 1 is 1.06 bits per heavy atom. The molecule has 0 aliphatic carbocycles. The normalized spacial score (nSPS) is 13.5. The summed E-state index contributed by atoms with van der Waals surface area (Å²) in [5.74, 6) is 0.943. The number of likely N-dealkylation sites (tertiary alicyclic amines) is 1. The summed E-state index contributed by atoms with van der Waals surface area (Å²) in [6.45, 7) is 1.56. The molecule has 4 heterocycles. The van der Waals surface area contributed by atoms with Gasteiger partial charge in [0, 0.05) is 41.8 Å². The number of carbonyl (C=O) groups is 2. The molecule has 1 aliphatic rings. The van der Waals surface area contributed by atoms with Crippen molar-refractivity contribution in [1.82, 2.24) is 24.6 Å². The molecule has 168 valence electrons. The Labute approximate surface area is 199 Å². The maximum Gasteiger partial charge on any atom is 0.270 e. The lowest BCUT2D eigenvalue weighted by Crippen LogP contribution is -2.27. The zero-order valence-electron chi connectivity index (χ0n) is 17.9. The number of hydrogen-bond acceptors (Lipinski definition) is 6. The first-order valence-electron chi connectivity index (χ1n) is 10.8. The first-order chi connectivity index (χ1) is 16.2. The molecule has 33 heavy (non-hydrogen) atoms. The summed E-state index contributed by atoms with van der Waals surface area (Å²) < 4.78 is 2.01. The van der Waals surface area contributed by atoms with Gasteiger partial charge in [-0.15, -0.1) is 21.5 Å². The van der Waals surface area contributed by atoms with Crippen molar-refractivity contribution >= 4 is 34.8 Å². The summed E-state index contributed by atoms with van der Waals surface area (Å²) in [6.07, 6.45) is 4.36. The summed E-state index contributed by atoms with van der Waals surface area (Å²) in [7, 11) is 0. The number of amides is 1. The summed E-state index contributed by atoms with van der Waals surface area (Å²) in [4.78, 5) is 31.4. The van der Waals surface area contributed by atoms with Crippen LogP contribution in [0.4, 0.5) is 0 Å². The Bertz CT molecular complexity index is 1240. The standard InChI is InChI=1S/C24H23N5O2S2/c30-21(17-13-20(25-15-17)23(31)28-10-4-5-11-28)16-33-24-27-26-22(14-19-9-6-12-32-19)29(24)18-7-2-1-3-8-18/h1-3,6-9,12-13,15,25H,4-5,10-11,14,16H2. The number of thioether (sulfide) groups is 1. The van der Waals surface area contributed by atoms with E-state index in [-0.39, 0.29) is 17.4 Å². The Hall–Kier alpha value is -3.17. The second-order valence-electron chi connectivity index (χ2n) is 7.84. The van der Waals surface area contributed by atoms with Gasteiger partial charge in [0.15, 0.2) is 10.9 Å². The van der Waals surface area contributed by atoms with Gasteiger partial charge in [0.2, 0.25) is 0 Å². The number of nitrogens with zero attached hydrogens (tertiary/aromatic N) is 4. The summed E-state index contributed by atoms with van der Waals surface area (Å²) >= 11 is 3.04.